The third kappa shape index (κ3) is 4.41. The summed E-state index contributed by atoms with van der Waals surface area (Å²) >= 11 is 1.45. The number of pyridine rings is 1. The van der Waals surface area contributed by atoms with E-state index in [0.717, 1.165) is 36.5 Å². The average Bonchev–Trinajstić information content (AvgIpc) is 3.17. The van der Waals surface area contributed by atoms with Crippen LogP contribution in [0.25, 0.3) is 10.6 Å². The van der Waals surface area contributed by atoms with Crippen molar-refractivity contribution in [2.45, 2.75) is 18.9 Å². The molecule has 3 rings (SSSR count). The Morgan fingerprint density at radius 2 is 2.13 bits per heavy atom. The van der Waals surface area contributed by atoms with Gasteiger partial charge in [-0.2, -0.15) is 0 Å². The summed E-state index contributed by atoms with van der Waals surface area (Å²) in [5.41, 5.74) is 1.00. The van der Waals surface area contributed by atoms with E-state index in [1.807, 2.05) is 24.1 Å². The maximum absolute atomic E-state index is 12.6. The van der Waals surface area contributed by atoms with Crippen LogP contribution in [0.3, 0.4) is 0 Å². The summed E-state index contributed by atoms with van der Waals surface area (Å²) < 4.78 is 0. The molecule has 1 saturated heterocycles. The van der Waals surface area contributed by atoms with E-state index in [1.165, 1.54) is 11.3 Å². The second-order valence-electron chi connectivity index (χ2n) is 5.12. The summed E-state index contributed by atoms with van der Waals surface area (Å²) in [5, 5.41) is 4.03. The fourth-order valence-electron chi connectivity index (χ4n) is 2.69. The van der Waals surface area contributed by atoms with E-state index < -0.39 is 0 Å². The Labute approximate surface area is 152 Å². The van der Waals surface area contributed by atoms with E-state index in [1.54, 1.807) is 18.6 Å². The summed E-state index contributed by atoms with van der Waals surface area (Å²) in [5.74, 6) is 0.102. The van der Waals surface area contributed by atoms with E-state index >= 15 is 0 Å². The zero-order chi connectivity index (χ0) is 14.7. The Morgan fingerprint density at radius 1 is 1.39 bits per heavy atom. The Hall–Kier alpha value is -1.21. The molecule has 0 saturated carbocycles. The molecule has 0 spiro atoms. The van der Waals surface area contributed by atoms with Gasteiger partial charge in [0.05, 0.1) is 6.20 Å². The third-order valence-electron chi connectivity index (χ3n) is 3.72. The van der Waals surface area contributed by atoms with Crippen LogP contribution in [-0.2, 0) is 0 Å². The molecule has 1 fully saturated rings. The second kappa shape index (κ2) is 9.17. The number of likely N-dealkylation sites (N-methyl/N-ethyl adjacent to an activating group) is 1. The number of carbonyl (C=O) groups excluding carboxylic acids is 1. The number of hydrogen-bond acceptors (Lipinski definition) is 5. The topological polar surface area (TPSA) is 58.1 Å². The minimum absolute atomic E-state index is 0. The molecular weight excluding hydrogens is 355 g/mol. The molecule has 1 N–H and O–H groups in total. The monoisotopic (exact) mass is 374 g/mol. The zero-order valence-electron chi connectivity index (χ0n) is 12.8. The van der Waals surface area contributed by atoms with Gasteiger partial charge in [0.1, 0.15) is 9.88 Å². The first-order valence-electron chi connectivity index (χ1n) is 7.11. The van der Waals surface area contributed by atoms with E-state index in [9.17, 15) is 4.79 Å². The van der Waals surface area contributed by atoms with Gasteiger partial charge in [-0.1, -0.05) is 0 Å². The highest BCUT2D eigenvalue weighted by Gasteiger charge is 2.29. The second-order valence-corrected chi connectivity index (χ2v) is 6.15. The van der Waals surface area contributed by atoms with Gasteiger partial charge in [-0.3, -0.25) is 9.78 Å². The van der Waals surface area contributed by atoms with Gasteiger partial charge >= 0.3 is 0 Å². The van der Waals surface area contributed by atoms with Crippen LogP contribution >= 0.6 is 36.2 Å². The molecule has 1 unspecified atom stereocenters. The maximum atomic E-state index is 12.6. The number of rotatable bonds is 4. The Kier molecular flexibility index (Phi) is 7.91. The summed E-state index contributed by atoms with van der Waals surface area (Å²) in [6.07, 6.45) is 7.32. The fourth-order valence-corrected chi connectivity index (χ4v) is 3.57. The van der Waals surface area contributed by atoms with Gasteiger partial charge in [0.2, 0.25) is 0 Å². The first-order chi connectivity index (χ1) is 10.3. The molecule has 1 atom stereocenters. The fraction of sp³-hybridized carbons (Fsp3) is 0.400. The van der Waals surface area contributed by atoms with Crippen LogP contribution < -0.4 is 5.32 Å². The maximum Gasteiger partial charge on any atom is 0.265 e. The lowest BCUT2D eigenvalue weighted by atomic mass is 10.2. The number of nitrogens with zero attached hydrogens (tertiary/aromatic N) is 3. The first-order valence-corrected chi connectivity index (χ1v) is 7.93. The molecule has 1 aliphatic rings. The summed E-state index contributed by atoms with van der Waals surface area (Å²) in [4.78, 5) is 23.7. The molecule has 0 aromatic carbocycles. The standard InChI is InChI=1S/C15H18N4OS.2ClH/c1-16-9-12-3-2-8-19(12)15(20)13-10-18-14(21-13)11-4-6-17-7-5-11;;/h4-7,10,12,16H,2-3,8-9H2,1H3;2*1H. The van der Waals surface area contributed by atoms with Crippen molar-refractivity contribution in [3.63, 3.8) is 0 Å². The molecule has 0 radical (unpaired) electrons. The minimum Gasteiger partial charge on any atom is -0.334 e. The Bertz CT molecular complexity index is 623. The largest absolute Gasteiger partial charge is 0.334 e. The number of carbonyl (C=O) groups is 1. The number of thiazole rings is 1. The van der Waals surface area contributed by atoms with Crippen molar-refractivity contribution >= 4 is 42.1 Å². The number of halogens is 2. The Balaban J connectivity index is 0.00000132. The van der Waals surface area contributed by atoms with Gasteiger partial charge in [0.25, 0.3) is 5.91 Å². The SMILES string of the molecule is CNCC1CCCN1C(=O)c1cnc(-c2ccncc2)s1.Cl.Cl. The van der Waals surface area contributed by atoms with Crippen molar-refractivity contribution in [1.82, 2.24) is 20.2 Å². The smallest absolute Gasteiger partial charge is 0.265 e. The van der Waals surface area contributed by atoms with Gasteiger partial charge in [0, 0.05) is 37.1 Å². The van der Waals surface area contributed by atoms with Crippen LogP contribution in [0, 0.1) is 0 Å². The molecule has 3 heterocycles. The van der Waals surface area contributed by atoms with Gasteiger partial charge in [-0.15, -0.1) is 36.2 Å². The lowest BCUT2D eigenvalue weighted by Crippen LogP contribution is -2.40. The molecule has 2 aromatic heterocycles. The van der Waals surface area contributed by atoms with Crippen molar-refractivity contribution in [2.24, 2.45) is 0 Å². The summed E-state index contributed by atoms with van der Waals surface area (Å²) in [6, 6.07) is 4.12. The van der Waals surface area contributed by atoms with Crippen molar-refractivity contribution in [3.8, 4) is 10.6 Å². The summed E-state index contributed by atoms with van der Waals surface area (Å²) in [6.45, 7) is 1.69. The predicted octanol–water partition coefficient (Wildman–Crippen LogP) is 2.87. The lowest BCUT2D eigenvalue weighted by molar-refractivity contribution is 0.0741. The van der Waals surface area contributed by atoms with Crippen LogP contribution in [0.2, 0.25) is 0 Å². The molecule has 2 aromatic rings. The number of nitrogens with one attached hydrogen (secondary N) is 1. The van der Waals surface area contributed by atoms with Gasteiger partial charge in [0.15, 0.2) is 0 Å². The van der Waals surface area contributed by atoms with Crippen molar-refractivity contribution in [1.29, 1.82) is 0 Å². The highest BCUT2D eigenvalue weighted by atomic mass is 35.5. The number of amides is 1. The molecule has 0 bridgehead atoms. The highest BCUT2D eigenvalue weighted by Crippen LogP contribution is 2.27. The van der Waals surface area contributed by atoms with Gasteiger partial charge in [-0.05, 0) is 32.0 Å². The third-order valence-corrected chi connectivity index (χ3v) is 4.76. The van der Waals surface area contributed by atoms with E-state index in [4.69, 9.17) is 0 Å². The minimum atomic E-state index is 0. The quantitative estimate of drug-likeness (QED) is 0.893. The molecule has 5 nitrogen and oxygen atoms in total. The number of hydrogen-bond donors (Lipinski definition) is 1. The molecule has 0 aliphatic carbocycles. The Morgan fingerprint density at radius 3 is 2.83 bits per heavy atom. The molecule has 1 aliphatic heterocycles. The van der Waals surface area contributed by atoms with Gasteiger partial charge < -0.3 is 10.2 Å². The molecule has 1 amide bonds. The van der Waals surface area contributed by atoms with E-state index in [2.05, 4.69) is 15.3 Å². The molecule has 8 heteroatoms. The van der Waals surface area contributed by atoms with Crippen molar-refractivity contribution in [2.75, 3.05) is 20.1 Å². The average molecular weight is 375 g/mol. The van der Waals surface area contributed by atoms with E-state index in [-0.39, 0.29) is 30.7 Å². The first kappa shape index (κ1) is 19.8. The van der Waals surface area contributed by atoms with E-state index in [0.29, 0.717) is 10.9 Å². The zero-order valence-corrected chi connectivity index (χ0v) is 15.2. The van der Waals surface area contributed by atoms with Gasteiger partial charge in [-0.25, -0.2) is 4.98 Å². The highest BCUT2D eigenvalue weighted by molar-refractivity contribution is 7.16. The van der Waals surface area contributed by atoms with Crippen molar-refractivity contribution in [3.05, 3.63) is 35.6 Å². The molecular formula is C15H20Cl2N4OS. The lowest BCUT2D eigenvalue weighted by Gasteiger charge is -2.23. The van der Waals surface area contributed by atoms with Crippen LogP contribution in [0.4, 0.5) is 0 Å². The van der Waals surface area contributed by atoms with Crippen LogP contribution in [0.1, 0.15) is 22.5 Å². The van der Waals surface area contributed by atoms with Crippen LogP contribution in [0.5, 0.6) is 0 Å². The van der Waals surface area contributed by atoms with Crippen LogP contribution in [0.15, 0.2) is 30.7 Å². The number of likely N-dealkylation sites (tertiary alicyclic amines) is 1. The normalized spacial score (nSPS) is 16.6. The van der Waals surface area contributed by atoms with Crippen molar-refractivity contribution < 1.29 is 4.79 Å². The summed E-state index contributed by atoms with van der Waals surface area (Å²) in [7, 11) is 1.93. The predicted molar refractivity (Wildman–Crippen MR) is 97.8 cm³/mol. The molecule has 23 heavy (non-hydrogen) atoms. The molecule has 126 valence electrons. The number of aromatic nitrogens is 2. The van der Waals surface area contributed by atoms with Crippen LogP contribution in [-0.4, -0.2) is 47.0 Å².